The number of aryl methyl sites for hydroxylation is 1. The summed E-state index contributed by atoms with van der Waals surface area (Å²) < 4.78 is 21.0. The monoisotopic (exact) mass is 314 g/mol. The normalized spacial score (nSPS) is 35.4. The van der Waals surface area contributed by atoms with Gasteiger partial charge in [0.25, 0.3) is 5.56 Å². The summed E-state index contributed by atoms with van der Waals surface area (Å²) in [4.78, 5) is 18.0. The summed E-state index contributed by atoms with van der Waals surface area (Å²) in [5.74, 6) is -2.40. The van der Waals surface area contributed by atoms with Crippen molar-refractivity contribution in [3.63, 3.8) is 0 Å². The quantitative estimate of drug-likeness (QED) is 0.522. The Kier molecular flexibility index (Phi) is 3.11. The van der Waals surface area contributed by atoms with E-state index in [4.69, 9.17) is 9.84 Å². The third-order valence-corrected chi connectivity index (χ3v) is 3.90. The fourth-order valence-corrected chi connectivity index (χ4v) is 2.62. The van der Waals surface area contributed by atoms with Gasteiger partial charge in [-0.1, -0.05) is 0 Å². The summed E-state index contributed by atoms with van der Waals surface area (Å²) in [6, 6.07) is 0. The van der Waals surface area contributed by atoms with Crippen molar-refractivity contribution in [2.75, 3.05) is 6.61 Å². The lowest BCUT2D eigenvalue weighted by molar-refractivity contribution is -0.256. The molecule has 10 heteroatoms. The van der Waals surface area contributed by atoms with E-state index in [-0.39, 0.29) is 17.2 Å². The molecule has 0 saturated carbocycles. The average molecular weight is 314 g/mol. The molecular weight excluding hydrogens is 299 g/mol. The molecule has 1 fully saturated rings. The number of fused-ring (bicyclic) bond motifs is 1. The number of hydrogen-bond donors (Lipinski definition) is 4. The zero-order chi connectivity index (χ0) is 16.3. The van der Waals surface area contributed by atoms with E-state index in [1.165, 1.54) is 6.92 Å². The van der Waals surface area contributed by atoms with Gasteiger partial charge in [-0.05, 0) is 13.8 Å². The molecule has 1 aliphatic rings. The molecular formula is C12H15FN4O5. The van der Waals surface area contributed by atoms with Gasteiger partial charge in [-0.3, -0.25) is 4.79 Å². The molecule has 1 aliphatic heterocycles. The van der Waals surface area contributed by atoms with E-state index in [9.17, 15) is 19.4 Å². The molecule has 0 aromatic carbocycles. The maximum Gasteiger partial charge on any atom is 0.294 e. The number of rotatable bonds is 2. The van der Waals surface area contributed by atoms with Crippen LogP contribution in [0.1, 0.15) is 18.4 Å². The van der Waals surface area contributed by atoms with Crippen LogP contribution in [-0.4, -0.2) is 59.4 Å². The maximum atomic E-state index is 14.9. The molecule has 3 rings (SSSR count). The van der Waals surface area contributed by atoms with E-state index in [1.54, 1.807) is 0 Å². The minimum Gasteiger partial charge on any atom is -0.394 e. The highest BCUT2D eigenvalue weighted by atomic mass is 19.1. The Morgan fingerprint density at radius 1 is 1.59 bits per heavy atom. The molecule has 1 unspecified atom stereocenters. The number of alkyl halides is 1. The van der Waals surface area contributed by atoms with E-state index in [0.717, 1.165) is 17.6 Å². The van der Waals surface area contributed by atoms with Crippen LogP contribution in [0.3, 0.4) is 0 Å². The number of H-pyrrole nitrogens is 1. The highest BCUT2D eigenvalue weighted by Gasteiger charge is 2.66. The Hall–Kier alpha value is -1.88. The van der Waals surface area contributed by atoms with Gasteiger partial charge in [0.05, 0.1) is 12.8 Å². The molecule has 0 spiro atoms. The van der Waals surface area contributed by atoms with E-state index >= 15 is 0 Å². The van der Waals surface area contributed by atoms with Gasteiger partial charge in [0.2, 0.25) is 11.4 Å². The molecule has 4 N–H and O–H groups in total. The number of imidazole rings is 1. The predicted molar refractivity (Wildman–Crippen MR) is 69.7 cm³/mol. The lowest BCUT2D eigenvalue weighted by atomic mass is 9.90. The lowest BCUT2D eigenvalue weighted by Gasteiger charge is -2.31. The Labute approximate surface area is 123 Å². The molecule has 3 heterocycles. The highest BCUT2D eigenvalue weighted by Crippen LogP contribution is 2.47. The number of nitrogens with zero attached hydrogens (tertiary/aromatic N) is 3. The number of nitrogens with one attached hydrogen (secondary N) is 1. The van der Waals surface area contributed by atoms with Crippen molar-refractivity contribution in [2.45, 2.75) is 37.5 Å². The van der Waals surface area contributed by atoms with Crippen LogP contribution >= 0.6 is 0 Å². The molecule has 0 amide bonds. The predicted octanol–water partition coefficient (Wildman–Crippen LogP) is -1.65. The van der Waals surface area contributed by atoms with Crippen molar-refractivity contribution in [3.8, 4) is 0 Å². The van der Waals surface area contributed by atoms with Crippen LogP contribution in [0.4, 0.5) is 4.39 Å². The van der Waals surface area contributed by atoms with Gasteiger partial charge >= 0.3 is 0 Å². The average Bonchev–Trinajstić information content (AvgIpc) is 2.93. The number of hydrogen-bond acceptors (Lipinski definition) is 7. The first-order chi connectivity index (χ1) is 10.2. The van der Waals surface area contributed by atoms with Crippen LogP contribution in [0, 0.1) is 6.92 Å². The smallest absolute Gasteiger partial charge is 0.294 e. The zero-order valence-corrected chi connectivity index (χ0v) is 11.8. The van der Waals surface area contributed by atoms with Crippen LogP contribution in [0.15, 0.2) is 11.0 Å². The maximum absolute atomic E-state index is 14.9. The van der Waals surface area contributed by atoms with Crippen molar-refractivity contribution < 1.29 is 24.4 Å². The summed E-state index contributed by atoms with van der Waals surface area (Å²) >= 11 is 0. The Morgan fingerprint density at radius 2 is 2.27 bits per heavy atom. The fraction of sp³-hybridized carbons (Fsp3) is 0.583. The van der Waals surface area contributed by atoms with E-state index in [0.29, 0.717) is 0 Å². The number of aliphatic hydroxyl groups is 3. The lowest BCUT2D eigenvalue weighted by Crippen LogP contribution is -2.49. The number of aromatic nitrogens is 4. The highest BCUT2D eigenvalue weighted by molar-refractivity contribution is 5.38. The van der Waals surface area contributed by atoms with E-state index in [2.05, 4.69) is 15.1 Å². The Morgan fingerprint density at radius 3 is 2.86 bits per heavy atom. The first-order valence-electron chi connectivity index (χ1n) is 6.55. The van der Waals surface area contributed by atoms with Crippen molar-refractivity contribution >= 4 is 5.65 Å². The summed E-state index contributed by atoms with van der Waals surface area (Å²) in [6.07, 6.45) is -2.05. The van der Waals surface area contributed by atoms with Gasteiger partial charge in [-0.15, -0.1) is 0 Å². The van der Waals surface area contributed by atoms with Crippen molar-refractivity contribution in [1.82, 2.24) is 19.6 Å². The Bertz CT molecular complexity index is 787. The number of aromatic amines is 1. The molecule has 2 aromatic rings. The number of aliphatic hydroxyl groups excluding tert-OH is 2. The second-order valence-corrected chi connectivity index (χ2v) is 5.42. The van der Waals surface area contributed by atoms with Crippen LogP contribution in [-0.2, 0) is 10.5 Å². The van der Waals surface area contributed by atoms with Crippen molar-refractivity contribution in [2.24, 2.45) is 0 Å². The van der Waals surface area contributed by atoms with Gasteiger partial charge < -0.3 is 25.0 Å². The molecule has 0 aliphatic carbocycles. The van der Waals surface area contributed by atoms with E-state index < -0.39 is 35.8 Å². The third kappa shape index (κ3) is 1.75. The fourth-order valence-electron chi connectivity index (χ4n) is 2.62. The van der Waals surface area contributed by atoms with E-state index in [1.807, 2.05) is 0 Å². The van der Waals surface area contributed by atoms with Crippen molar-refractivity contribution in [1.29, 1.82) is 0 Å². The second kappa shape index (κ2) is 4.56. The van der Waals surface area contributed by atoms with Crippen LogP contribution in [0.2, 0.25) is 0 Å². The van der Waals surface area contributed by atoms with Gasteiger partial charge in [0.1, 0.15) is 23.7 Å². The van der Waals surface area contributed by atoms with Gasteiger partial charge in [-0.2, -0.15) is 5.10 Å². The zero-order valence-electron chi connectivity index (χ0n) is 11.8. The first-order valence-corrected chi connectivity index (χ1v) is 6.55. The third-order valence-electron chi connectivity index (χ3n) is 3.90. The molecule has 1 saturated heterocycles. The second-order valence-electron chi connectivity index (χ2n) is 5.42. The molecule has 0 radical (unpaired) electrons. The molecule has 120 valence electrons. The molecule has 22 heavy (non-hydrogen) atoms. The molecule has 0 bridgehead atoms. The standard InChI is InChI=1S/C12H15FN4O5/c1-5-15-10(20)9-14-3-7(17(9)16-5)12(21)11(2,13)8(19)6(4-18)22-12/h3,6,8,18-19,21H,4H2,1-2H3,(H,15,16,20)/t6-,8-,11-,12?/m1/s1. The SMILES string of the molecule is Cc1nn2c(C3(O)O[C@H](CO)[C@@H](O)[C@@]3(C)F)cnc2c(=O)[nH]1. The van der Waals surface area contributed by atoms with Crippen LogP contribution in [0.25, 0.3) is 5.65 Å². The molecule has 2 aromatic heterocycles. The summed E-state index contributed by atoms with van der Waals surface area (Å²) in [5.41, 5.74) is -3.62. The topological polar surface area (TPSA) is 133 Å². The minimum absolute atomic E-state index is 0.157. The van der Waals surface area contributed by atoms with Crippen molar-refractivity contribution in [3.05, 3.63) is 28.1 Å². The summed E-state index contributed by atoms with van der Waals surface area (Å²) in [5, 5.41) is 33.7. The van der Waals surface area contributed by atoms with Crippen LogP contribution < -0.4 is 5.56 Å². The Balaban J connectivity index is 2.24. The minimum atomic E-state index is -2.64. The van der Waals surface area contributed by atoms with Gasteiger partial charge in [0, 0.05) is 0 Å². The van der Waals surface area contributed by atoms with Gasteiger partial charge in [0.15, 0.2) is 5.67 Å². The molecule has 4 atom stereocenters. The number of ether oxygens (including phenoxy) is 1. The molecule has 9 nitrogen and oxygen atoms in total. The number of halogens is 1. The van der Waals surface area contributed by atoms with Crippen LogP contribution in [0.5, 0.6) is 0 Å². The summed E-state index contributed by atoms with van der Waals surface area (Å²) in [7, 11) is 0. The largest absolute Gasteiger partial charge is 0.394 e. The first kappa shape index (κ1) is 15.0. The van der Waals surface area contributed by atoms with Gasteiger partial charge in [-0.25, -0.2) is 13.9 Å². The summed E-state index contributed by atoms with van der Waals surface area (Å²) in [6.45, 7) is 1.75.